The van der Waals surface area contributed by atoms with Crippen molar-refractivity contribution in [1.82, 2.24) is 9.97 Å². The number of aromatic amines is 1. The smallest absolute Gasteiger partial charge is 0.251 e. The Morgan fingerprint density at radius 1 is 1.56 bits per heavy atom. The molecule has 88 valence electrons. The Morgan fingerprint density at radius 2 is 2.44 bits per heavy atom. The molecule has 1 aliphatic rings. The maximum absolute atomic E-state index is 11.4. The van der Waals surface area contributed by atoms with Gasteiger partial charge in [-0.2, -0.15) is 0 Å². The largest absolute Gasteiger partial charge is 0.378 e. The van der Waals surface area contributed by atoms with Crippen LogP contribution in [0.3, 0.4) is 0 Å². The first-order valence-electron chi connectivity index (χ1n) is 5.98. The van der Waals surface area contributed by atoms with Crippen LogP contribution in [0.4, 0.5) is 0 Å². The zero-order valence-corrected chi connectivity index (χ0v) is 9.66. The lowest BCUT2D eigenvalue weighted by molar-refractivity contribution is 0.0156. The fraction of sp³-hybridized carbons (Fsp3) is 0.667. The number of nitrogens with one attached hydrogen (secondary N) is 1. The lowest BCUT2D eigenvalue weighted by Gasteiger charge is -2.21. The molecule has 0 aromatic carbocycles. The van der Waals surface area contributed by atoms with Crippen LogP contribution < -0.4 is 5.56 Å². The molecule has 16 heavy (non-hydrogen) atoms. The summed E-state index contributed by atoms with van der Waals surface area (Å²) in [6.45, 7) is 2.84. The molecule has 1 N–H and O–H groups in total. The minimum atomic E-state index is -0.0577. The Hall–Kier alpha value is -1.16. The fourth-order valence-electron chi connectivity index (χ4n) is 2.03. The van der Waals surface area contributed by atoms with Crippen LogP contribution in [0.1, 0.15) is 37.7 Å². The molecule has 2 heterocycles. The number of ether oxygens (including phenoxy) is 1. The molecular weight excluding hydrogens is 204 g/mol. The first-order valence-corrected chi connectivity index (χ1v) is 5.98. The summed E-state index contributed by atoms with van der Waals surface area (Å²) in [5.41, 5.74) is 0.798. The van der Waals surface area contributed by atoms with Crippen molar-refractivity contribution in [2.24, 2.45) is 0 Å². The molecule has 4 nitrogen and oxygen atoms in total. The van der Waals surface area contributed by atoms with Gasteiger partial charge in [0.2, 0.25) is 0 Å². The summed E-state index contributed by atoms with van der Waals surface area (Å²) in [6, 6.07) is 1.56. The normalized spacial score (nSPS) is 20.9. The van der Waals surface area contributed by atoms with E-state index in [-0.39, 0.29) is 11.7 Å². The van der Waals surface area contributed by atoms with Gasteiger partial charge in [-0.05, 0) is 25.7 Å². The van der Waals surface area contributed by atoms with Crippen LogP contribution in [0.15, 0.2) is 10.9 Å². The Bertz CT molecular complexity index is 394. The molecule has 4 heteroatoms. The maximum atomic E-state index is 11.4. The van der Waals surface area contributed by atoms with Crippen molar-refractivity contribution >= 4 is 0 Å². The molecule has 0 amide bonds. The van der Waals surface area contributed by atoms with E-state index in [0.717, 1.165) is 43.8 Å². The van der Waals surface area contributed by atoms with Crippen LogP contribution in [-0.2, 0) is 17.6 Å². The highest BCUT2D eigenvalue weighted by molar-refractivity contribution is 5.03. The standard InChI is InChI=1S/C12H18N2O2/c1-2-9-7-12(15)14-11(13-9)8-10-5-3-4-6-16-10/h7,10H,2-6,8H2,1H3,(H,13,14,15). The summed E-state index contributed by atoms with van der Waals surface area (Å²) in [5, 5.41) is 0. The summed E-state index contributed by atoms with van der Waals surface area (Å²) in [7, 11) is 0. The maximum Gasteiger partial charge on any atom is 0.251 e. The highest BCUT2D eigenvalue weighted by atomic mass is 16.5. The fourth-order valence-corrected chi connectivity index (χ4v) is 2.03. The number of aryl methyl sites for hydroxylation is 1. The minimum absolute atomic E-state index is 0.0577. The van der Waals surface area contributed by atoms with Crippen molar-refractivity contribution in [3.05, 3.63) is 27.9 Å². The first kappa shape index (κ1) is 11.3. The predicted octanol–water partition coefficient (Wildman–Crippen LogP) is 1.44. The molecular formula is C12H18N2O2. The number of hydrogen-bond donors (Lipinski definition) is 1. The van der Waals surface area contributed by atoms with Gasteiger partial charge in [0, 0.05) is 24.8 Å². The van der Waals surface area contributed by atoms with Crippen molar-refractivity contribution < 1.29 is 4.74 Å². The van der Waals surface area contributed by atoms with Crippen molar-refractivity contribution in [1.29, 1.82) is 0 Å². The molecule has 1 fully saturated rings. The third-order valence-corrected chi connectivity index (χ3v) is 2.90. The molecule has 1 aromatic rings. The van der Waals surface area contributed by atoms with E-state index in [9.17, 15) is 4.79 Å². The topological polar surface area (TPSA) is 55.0 Å². The van der Waals surface area contributed by atoms with Crippen molar-refractivity contribution in [2.45, 2.75) is 45.1 Å². The van der Waals surface area contributed by atoms with Crippen LogP contribution >= 0.6 is 0 Å². The van der Waals surface area contributed by atoms with E-state index in [4.69, 9.17) is 4.74 Å². The number of H-pyrrole nitrogens is 1. The Kier molecular flexibility index (Phi) is 3.72. The quantitative estimate of drug-likeness (QED) is 0.842. The van der Waals surface area contributed by atoms with E-state index in [2.05, 4.69) is 9.97 Å². The van der Waals surface area contributed by atoms with Gasteiger partial charge in [-0.25, -0.2) is 4.98 Å². The highest BCUT2D eigenvalue weighted by Gasteiger charge is 2.15. The second kappa shape index (κ2) is 5.25. The second-order valence-electron chi connectivity index (χ2n) is 4.23. The van der Waals surface area contributed by atoms with Crippen LogP contribution in [0, 0.1) is 0 Å². The van der Waals surface area contributed by atoms with Gasteiger partial charge in [0.15, 0.2) is 0 Å². The molecule has 1 aromatic heterocycles. The third kappa shape index (κ3) is 2.92. The van der Waals surface area contributed by atoms with Crippen molar-refractivity contribution in [3.8, 4) is 0 Å². The molecule has 0 bridgehead atoms. The molecule has 0 saturated carbocycles. The highest BCUT2D eigenvalue weighted by Crippen LogP contribution is 2.15. The summed E-state index contributed by atoms with van der Waals surface area (Å²) >= 11 is 0. The van der Waals surface area contributed by atoms with E-state index in [1.807, 2.05) is 6.92 Å². The summed E-state index contributed by atoms with van der Waals surface area (Å²) in [4.78, 5) is 18.6. The molecule has 2 rings (SSSR count). The van der Waals surface area contributed by atoms with Crippen molar-refractivity contribution in [2.75, 3.05) is 6.61 Å². The lowest BCUT2D eigenvalue weighted by atomic mass is 10.1. The van der Waals surface area contributed by atoms with Crippen LogP contribution in [0.25, 0.3) is 0 Å². The molecule has 1 atom stereocenters. The van der Waals surface area contributed by atoms with Crippen LogP contribution in [-0.4, -0.2) is 22.7 Å². The van der Waals surface area contributed by atoms with E-state index >= 15 is 0 Å². The van der Waals surface area contributed by atoms with E-state index in [0.29, 0.717) is 0 Å². The van der Waals surface area contributed by atoms with Crippen LogP contribution in [0.5, 0.6) is 0 Å². The average molecular weight is 222 g/mol. The summed E-state index contributed by atoms with van der Waals surface area (Å²) < 4.78 is 5.63. The predicted molar refractivity (Wildman–Crippen MR) is 61.5 cm³/mol. The average Bonchev–Trinajstić information content (AvgIpc) is 2.29. The molecule has 0 aliphatic carbocycles. The zero-order chi connectivity index (χ0) is 11.4. The Labute approximate surface area is 95.1 Å². The molecule has 1 saturated heterocycles. The Balaban J connectivity index is 2.07. The van der Waals surface area contributed by atoms with Gasteiger partial charge in [0.1, 0.15) is 5.82 Å². The molecule has 0 spiro atoms. The second-order valence-corrected chi connectivity index (χ2v) is 4.23. The molecule has 0 radical (unpaired) electrons. The summed E-state index contributed by atoms with van der Waals surface area (Å²) in [6.07, 6.45) is 5.17. The van der Waals surface area contributed by atoms with E-state index in [1.54, 1.807) is 6.07 Å². The minimum Gasteiger partial charge on any atom is -0.378 e. The van der Waals surface area contributed by atoms with Gasteiger partial charge in [-0.15, -0.1) is 0 Å². The Morgan fingerprint density at radius 3 is 3.12 bits per heavy atom. The van der Waals surface area contributed by atoms with E-state index in [1.165, 1.54) is 6.42 Å². The van der Waals surface area contributed by atoms with Gasteiger partial charge in [-0.1, -0.05) is 6.92 Å². The van der Waals surface area contributed by atoms with Gasteiger partial charge in [-0.3, -0.25) is 4.79 Å². The monoisotopic (exact) mass is 222 g/mol. The van der Waals surface area contributed by atoms with Gasteiger partial charge in [0.05, 0.1) is 6.10 Å². The molecule has 1 unspecified atom stereocenters. The van der Waals surface area contributed by atoms with Crippen molar-refractivity contribution in [3.63, 3.8) is 0 Å². The van der Waals surface area contributed by atoms with Crippen LogP contribution in [0.2, 0.25) is 0 Å². The SMILES string of the molecule is CCc1cc(=O)[nH]c(CC2CCCCO2)n1. The van der Waals surface area contributed by atoms with Gasteiger partial charge in [0.25, 0.3) is 5.56 Å². The number of hydrogen-bond acceptors (Lipinski definition) is 3. The number of nitrogens with zero attached hydrogens (tertiary/aromatic N) is 1. The number of aromatic nitrogens is 2. The zero-order valence-electron chi connectivity index (χ0n) is 9.66. The van der Waals surface area contributed by atoms with E-state index < -0.39 is 0 Å². The van der Waals surface area contributed by atoms with Gasteiger partial charge >= 0.3 is 0 Å². The lowest BCUT2D eigenvalue weighted by Crippen LogP contribution is -2.24. The molecule has 1 aliphatic heterocycles. The third-order valence-electron chi connectivity index (χ3n) is 2.90. The number of rotatable bonds is 3. The van der Waals surface area contributed by atoms with Gasteiger partial charge < -0.3 is 9.72 Å². The summed E-state index contributed by atoms with van der Waals surface area (Å²) in [5.74, 6) is 0.760. The first-order chi connectivity index (χ1) is 7.78.